The molecule has 1 atom stereocenters. The third-order valence-electron chi connectivity index (χ3n) is 4.54. The number of carbonyl (C=O) groups is 1. The Morgan fingerprint density at radius 2 is 1.79 bits per heavy atom. The molecule has 1 fully saturated rings. The van der Waals surface area contributed by atoms with Gasteiger partial charge >= 0.3 is 6.18 Å². The number of amides is 1. The van der Waals surface area contributed by atoms with Crippen LogP contribution in [0.1, 0.15) is 43.2 Å². The topological polar surface area (TPSA) is 32.3 Å². The molecule has 0 saturated carbocycles. The van der Waals surface area contributed by atoms with Crippen LogP contribution in [0.2, 0.25) is 0 Å². The molecular formula is C17H24ClF3N2O. The lowest BCUT2D eigenvalue weighted by molar-refractivity contribution is -0.137. The quantitative estimate of drug-likeness (QED) is 0.880. The summed E-state index contributed by atoms with van der Waals surface area (Å²) >= 11 is 0. The molecule has 1 aromatic rings. The predicted molar refractivity (Wildman–Crippen MR) is 90.4 cm³/mol. The lowest BCUT2D eigenvalue weighted by Gasteiger charge is -2.32. The van der Waals surface area contributed by atoms with E-state index in [0.717, 1.165) is 43.6 Å². The minimum absolute atomic E-state index is 0. The van der Waals surface area contributed by atoms with E-state index in [-0.39, 0.29) is 24.2 Å². The predicted octanol–water partition coefficient (Wildman–Crippen LogP) is 3.83. The molecule has 1 aromatic carbocycles. The minimum Gasteiger partial charge on any atom is -0.343 e. The molecule has 0 radical (unpaired) electrons. The number of likely N-dealkylation sites (tertiary alicyclic amines) is 1. The van der Waals surface area contributed by atoms with Gasteiger partial charge in [0, 0.05) is 25.6 Å². The van der Waals surface area contributed by atoms with E-state index < -0.39 is 11.7 Å². The highest BCUT2D eigenvalue weighted by atomic mass is 35.5. The van der Waals surface area contributed by atoms with Crippen molar-refractivity contribution in [3.8, 4) is 0 Å². The van der Waals surface area contributed by atoms with Gasteiger partial charge in [0.1, 0.15) is 0 Å². The summed E-state index contributed by atoms with van der Waals surface area (Å²) < 4.78 is 37.7. The highest BCUT2D eigenvalue weighted by molar-refractivity contribution is 5.85. The summed E-state index contributed by atoms with van der Waals surface area (Å²) in [6.07, 6.45) is -2.11. The zero-order valence-electron chi connectivity index (χ0n) is 13.9. The Hall–Kier alpha value is -1.27. The number of carbonyl (C=O) groups excluding carboxylic acids is 1. The van der Waals surface area contributed by atoms with E-state index in [4.69, 9.17) is 0 Å². The first-order chi connectivity index (χ1) is 10.8. The average molecular weight is 365 g/mol. The van der Waals surface area contributed by atoms with E-state index in [1.54, 1.807) is 0 Å². The van der Waals surface area contributed by atoms with Gasteiger partial charge in [-0.15, -0.1) is 12.4 Å². The third kappa shape index (κ3) is 5.38. The number of halogens is 4. The van der Waals surface area contributed by atoms with Crippen molar-refractivity contribution in [2.24, 2.45) is 0 Å². The third-order valence-corrected chi connectivity index (χ3v) is 4.54. The Bertz CT molecular complexity index is 526. The van der Waals surface area contributed by atoms with Crippen molar-refractivity contribution in [2.75, 3.05) is 20.1 Å². The van der Waals surface area contributed by atoms with E-state index in [1.165, 1.54) is 12.1 Å². The number of nitrogens with zero attached hydrogens (tertiary/aromatic N) is 1. The summed E-state index contributed by atoms with van der Waals surface area (Å²) in [5.41, 5.74) is 0.102. The van der Waals surface area contributed by atoms with Crippen LogP contribution >= 0.6 is 12.4 Å². The van der Waals surface area contributed by atoms with Crippen molar-refractivity contribution in [3.05, 3.63) is 35.4 Å². The SMILES string of the molecule is CNC1CCN(C(=O)CC(C)c2ccc(C(F)(F)F)cc2)CC1.Cl. The van der Waals surface area contributed by atoms with E-state index in [0.29, 0.717) is 12.5 Å². The molecule has 1 amide bonds. The summed E-state index contributed by atoms with van der Waals surface area (Å²) in [7, 11) is 1.93. The summed E-state index contributed by atoms with van der Waals surface area (Å²) in [6, 6.07) is 5.55. The van der Waals surface area contributed by atoms with E-state index in [2.05, 4.69) is 5.32 Å². The number of benzene rings is 1. The Kier molecular flexibility index (Phi) is 7.55. The molecule has 1 N–H and O–H groups in total. The van der Waals surface area contributed by atoms with Gasteiger partial charge in [-0.2, -0.15) is 13.2 Å². The first-order valence-corrected chi connectivity index (χ1v) is 7.93. The molecule has 1 saturated heterocycles. The fourth-order valence-corrected chi connectivity index (χ4v) is 2.93. The van der Waals surface area contributed by atoms with Crippen molar-refractivity contribution in [2.45, 2.75) is 44.3 Å². The standard InChI is InChI=1S/C17H23F3N2O.ClH/c1-12(13-3-5-14(6-4-13)17(18,19)20)11-16(23)22-9-7-15(21-2)8-10-22;/h3-6,12,15,21H,7-11H2,1-2H3;1H. The van der Waals surface area contributed by atoms with Crippen molar-refractivity contribution >= 4 is 18.3 Å². The van der Waals surface area contributed by atoms with Crippen LogP contribution in [0.3, 0.4) is 0 Å². The second kappa shape index (κ2) is 8.72. The van der Waals surface area contributed by atoms with Gasteiger partial charge in [-0.05, 0) is 43.5 Å². The van der Waals surface area contributed by atoms with Gasteiger partial charge in [0.25, 0.3) is 0 Å². The highest BCUT2D eigenvalue weighted by Gasteiger charge is 2.30. The molecule has 2 rings (SSSR count). The second-order valence-corrected chi connectivity index (χ2v) is 6.17. The van der Waals surface area contributed by atoms with Gasteiger partial charge in [0.2, 0.25) is 5.91 Å². The van der Waals surface area contributed by atoms with Crippen LogP contribution in [-0.2, 0) is 11.0 Å². The highest BCUT2D eigenvalue weighted by Crippen LogP contribution is 2.30. The maximum Gasteiger partial charge on any atom is 0.416 e. The van der Waals surface area contributed by atoms with E-state index in [1.807, 2.05) is 18.9 Å². The Labute approximate surface area is 147 Å². The number of hydrogen-bond donors (Lipinski definition) is 1. The molecular weight excluding hydrogens is 341 g/mol. The summed E-state index contributed by atoms with van der Waals surface area (Å²) in [4.78, 5) is 14.2. The molecule has 1 heterocycles. The average Bonchev–Trinajstić information content (AvgIpc) is 2.54. The van der Waals surface area contributed by atoms with Crippen molar-refractivity contribution in [1.82, 2.24) is 10.2 Å². The second-order valence-electron chi connectivity index (χ2n) is 6.17. The fraction of sp³-hybridized carbons (Fsp3) is 0.588. The Balaban J connectivity index is 0.00000288. The number of rotatable bonds is 4. The van der Waals surface area contributed by atoms with Crippen LogP contribution in [0, 0.1) is 0 Å². The number of nitrogens with one attached hydrogen (secondary N) is 1. The number of piperidine rings is 1. The van der Waals surface area contributed by atoms with Gasteiger partial charge in [-0.1, -0.05) is 19.1 Å². The molecule has 1 aliphatic rings. The zero-order chi connectivity index (χ0) is 17.0. The van der Waals surface area contributed by atoms with Crippen molar-refractivity contribution < 1.29 is 18.0 Å². The van der Waals surface area contributed by atoms with Gasteiger partial charge in [-0.25, -0.2) is 0 Å². The molecule has 1 aliphatic heterocycles. The van der Waals surface area contributed by atoms with Crippen LogP contribution < -0.4 is 5.32 Å². The maximum atomic E-state index is 12.6. The summed E-state index contributed by atoms with van der Waals surface area (Å²) in [5.74, 6) is -0.0150. The molecule has 0 aliphatic carbocycles. The minimum atomic E-state index is -4.32. The molecule has 0 spiro atoms. The molecule has 24 heavy (non-hydrogen) atoms. The van der Waals surface area contributed by atoms with E-state index in [9.17, 15) is 18.0 Å². The van der Waals surface area contributed by atoms with Crippen LogP contribution in [0.25, 0.3) is 0 Å². The van der Waals surface area contributed by atoms with Gasteiger partial charge in [0.15, 0.2) is 0 Å². The fourth-order valence-electron chi connectivity index (χ4n) is 2.93. The van der Waals surface area contributed by atoms with Gasteiger partial charge in [-0.3, -0.25) is 4.79 Å². The normalized spacial score (nSPS) is 17.3. The van der Waals surface area contributed by atoms with Crippen LogP contribution in [0.15, 0.2) is 24.3 Å². The molecule has 0 aromatic heterocycles. The zero-order valence-corrected chi connectivity index (χ0v) is 14.7. The lowest BCUT2D eigenvalue weighted by atomic mass is 9.95. The molecule has 7 heteroatoms. The van der Waals surface area contributed by atoms with Crippen molar-refractivity contribution in [1.29, 1.82) is 0 Å². The first-order valence-electron chi connectivity index (χ1n) is 7.93. The van der Waals surface area contributed by atoms with Crippen molar-refractivity contribution in [3.63, 3.8) is 0 Å². The summed E-state index contributed by atoms with van der Waals surface area (Å²) in [6.45, 7) is 3.36. The molecule has 0 bridgehead atoms. The largest absolute Gasteiger partial charge is 0.416 e. The lowest BCUT2D eigenvalue weighted by Crippen LogP contribution is -2.44. The number of hydrogen-bond acceptors (Lipinski definition) is 2. The van der Waals surface area contributed by atoms with Gasteiger partial charge in [0.05, 0.1) is 5.56 Å². The van der Waals surface area contributed by atoms with Crippen LogP contribution in [0.5, 0.6) is 0 Å². The molecule has 1 unspecified atom stereocenters. The first kappa shape index (κ1) is 20.8. The molecule has 136 valence electrons. The number of alkyl halides is 3. The monoisotopic (exact) mass is 364 g/mol. The van der Waals surface area contributed by atoms with E-state index >= 15 is 0 Å². The molecule has 3 nitrogen and oxygen atoms in total. The summed E-state index contributed by atoms with van der Waals surface area (Å²) in [5, 5.41) is 3.22. The van der Waals surface area contributed by atoms with Gasteiger partial charge < -0.3 is 10.2 Å². The van der Waals surface area contributed by atoms with Crippen LogP contribution in [0.4, 0.5) is 13.2 Å². The Morgan fingerprint density at radius 1 is 1.25 bits per heavy atom. The maximum absolute atomic E-state index is 12.6. The van der Waals surface area contributed by atoms with Crippen LogP contribution in [-0.4, -0.2) is 37.0 Å². The Morgan fingerprint density at radius 3 is 2.25 bits per heavy atom. The smallest absolute Gasteiger partial charge is 0.343 e.